The number of hydrogen-bond donors (Lipinski definition) is 0. The predicted octanol–water partition coefficient (Wildman–Crippen LogP) is 11.0. The molecule has 51 heavy (non-hydrogen) atoms. The molecule has 7 atom stereocenters. The largest absolute Gasteiger partial charge is 0.360 e. The standard InChI is InChI=1S/C47H44N4/c1-5-6-19-43-32(4)37-16-7-9-20-44(37)51(43)45-21-10-8-17-38(45)42-25-34(29-49)24-41(31(42)3)35-14-12-15-36(27-35)50-46-26-33(28-48)22-23-39(46)40-18-11-13-30(2)47(40)50/h5-12,14,16-24,26-27,30-31,36,40-42,47H,1,13,15,25H2,2-4H3/b19-6-. The van der Waals surface area contributed by atoms with Gasteiger partial charge in [-0.05, 0) is 96.5 Å². The first-order valence-electron chi connectivity index (χ1n) is 18.4. The summed E-state index contributed by atoms with van der Waals surface area (Å²) in [6.07, 6.45) is 22.8. The van der Waals surface area contributed by atoms with Crippen molar-refractivity contribution >= 4 is 22.7 Å². The molecule has 252 valence electrons. The fourth-order valence-electron chi connectivity index (χ4n) is 9.60. The maximum Gasteiger partial charge on any atom is 0.0992 e. The Labute approximate surface area is 302 Å². The normalized spacial score (nSPS) is 26.7. The lowest BCUT2D eigenvalue weighted by Crippen LogP contribution is -2.46. The molecule has 3 aromatic carbocycles. The van der Waals surface area contributed by atoms with Gasteiger partial charge in [0.2, 0.25) is 0 Å². The number of fused-ring (bicyclic) bond motifs is 4. The van der Waals surface area contributed by atoms with Crippen molar-refractivity contribution in [2.75, 3.05) is 4.90 Å². The minimum absolute atomic E-state index is 0.0979. The van der Waals surface area contributed by atoms with Crippen molar-refractivity contribution in [3.63, 3.8) is 0 Å². The average Bonchev–Trinajstić information content (AvgIpc) is 3.65. The van der Waals surface area contributed by atoms with E-state index in [4.69, 9.17) is 0 Å². The van der Waals surface area contributed by atoms with Gasteiger partial charge in [-0.2, -0.15) is 10.5 Å². The Kier molecular flexibility index (Phi) is 8.49. The van der Waals surface area contributed by atoms with E-state index >= 15 is 0 Å². The first-order valence-corrected chi connectivity index (χ1v) is 18.4. The Morgan fingerprint density at radius 3 is 2.51 bits per heavy atom. The van der Waals surface area contributed by atoms with Crippen molar-refractivity contribution in [1.82, 2.24) is 4.57 Å². The van der Waals surface area contributed by atoms with E-state index < -0.39 is 0 Å². The Hall–Kier alpha value is -5.58. The number of aryl methyl sites for hydroxylation is 1. The van der Waals surface area contributed by atoms with Crippen LogP contribution in [0, 0.1) is 47.3 Å². The van der Waals surface area contributed by atoms with E-state index in [1.54, 1.807) is 0 Å². The van der Waals surface area contributed by atoms with Crippen molar-refractivity contribution in [2.24, 2.45) is 17.8 Å². The second kappa shape index (κ2) is 13.3. The highest BCUT2D eigenvalue weighted by molar-refractivity contribution is 5.90. The quantitative estimate of drug-likeness (QED) is 0.152. The molecule has 0 saturated heterocycles. The molecule has 1 aromatic heterocycles. The van der Waals surface area contributed by atoms with Gasteiger partial charge >= 0.3 is 0 Å². The Morgan fingerprint density at radius 2 is 1.69 bits per heavy atom. The van der Waals surface area contributed by atoms with Crippen molar-refractivity contribution in [2.45, 2.75) is 64.0 Å². The summed E-state index contributed by atoms with van der Waals surface area (Å²) in [7, 11) is 0. The average molecular weight is 665 g/mol. The molecule has 4 aromatic rings. The number of anilines is 1. The maximum absolute atomic E-state index is 10.5. The first-order chi connectivity index (χ1) is 24.9. The minimum Gasteiger partial charge on any atom is -0.360 e. The summed E-state index contributed by atoms with van der Waals surface area (Å²) in [6.45, 7) is 10.9. The zero-order valence-corrected chi connectivity index (χ0v) is 29.7. The molecule has 4 nitrogen and oxygen atoms in total. The summed E-state index contributed by atoms with van der Waals surface area (Å²) >= 11 is 0. The van der Waals surface area contributed by atoms with Gasteiger partial charge in [-0.3, -0.25) is 0 Å². The van der Waals surface area contributed by atoms with Crippen LogP contribution in [0.2, 0.25) is 0 Å². The molecule has 0 amide bonds. The zero-order valence-electron chi connectivity index (χ0n) is 29.7. The van der Waals surface area contributed by atoms with Crippen LogP contribution in [0.3, 0.4) is 0 Å². The van der Waals surface area contributed by atoms with Crippen molar-refractivity contribution < 1.29 is 0 Å². The number of aromatic nitrogens is 1. The van der Waals surface area contributed by atoms with Crippen LogP contribution in [0.15, 0.2) is 133 Å². The molecule has 0 radical (unpaired) electrons. The second-order valence-electron chi connectivity index (χ2n) is 14.8. The molecule has 0 fully saturated rings. The van der Waals surface area contributed by atoms with E-state index in [0.717, 1.165) is 24.1 Å². The van der Waals surface area contributed by atoms with Gasteiger partial charge in [0.15, 0.2) is 0 Å². The van der Waals surface area contributed by atoms with Crippen LogP contribution < -0.4 is 4.90 Å². The van der Waals surface area contributed by atoms with Crippen molar-refractivity contribution in [3.8, 4) is 17.8 Å². The first kappa shape index (κ1) is 32.6. The van der Waals surface area contributed by atoms with E-state index in [-0.39, 0.29) is 23.8 Å². The molecule has 3 aliphatic carbocycles. The van der Waals surface area contributed by atoms with Crippen LogP contribution in [0.5, 0.6) is 0 Å². The summed E-state index contributed by atoms with van der Waals surface area (Å²) in [5.74, 6) is 1.34. The van der Waals surface area contributed by atoms with E-state index in [9.17, 15) is 10.5 Å². The van der Waals surface area contributed by atoms with E-state index in [1.807, 2.05) is 18.2 Å². The fraction of sp³-hybridized carbons (Fsp3) is 0.277. The van der Waals surface area contributed by atoms with Gasteiger partial charge in [-0.1, -0.05) is 111 Å². The van der Waals surface area contributed by atoms with Gasteiger partial charge in [-0.25, -0.2) is 0 Å². The summed E-state index contributed by atoms with van der Waals surface area (Å²) in [5, 5.41) is 21.5. The number of nitrogens with zero attached hydrogens (tertiary/aromatic N) is 4. The lowest BCUT2D eigenvalue weighted by Gasteiger charge is -2.42. The Balaban J connectivity index is 1.20. The van der Waals surface area contributed by atoms with Gasteiger partial charge in [0.25, 0.3) is 0 Å². The molecule has 7 unspecified atom stereocenters. The van der Waals surface area contributed by atoms with Crippen molar-refractivity contribution in [1.29, 1.82) is 10.5 Å². The monoisotopic (exact) mass is 664 g/mol. The Morgan fingerprint density at radius 1 is 0.863 bits per heavy atom. The summed E-state index contributed by atoms with van der Waals surface area (Å²) in [4.78, 5) is 2.63. The smallest absolute Gasteiger partial charge is 0.0992 e. The van der Waals surface area contributed by atoms with Gasteiger partial charge in [0.1, 0.15) is 0 Å². The van der Waals surface area contributed by atoms with Crippen LogP contribution in [0.4, 0.5) is 5.69 Å². The Bertz CT molecular complexity index is 2280. The third kappa shape index (κ3) is 5.42. The van der Waals surface area contributed by atoms with E-state index in [1.165, 1.54) is 44.5 Å². The fourth-order valence-corrected chi connectivity index (χ4v) is 9.60. The van der Waals surface area contributed by atoms with Crippen LogP contribution in [-0.2, 0) is 0 Å². The molecular formula is C47H44N4. The number of benzene rings is 3. The predicted molar refractivity (Wildman–Crippen MR) is 210 cm³/mol. The number of nitriles is 2. The van der Waals surface area contributed by atoms with Crippen LogP contribution >= 0.6 is 0 Å². The van der Waals surface area contributed by atoms with E-state index in [0.29, 0.717) is 29.9 Å². The summed E-state index contributed by atoms with van der Waals surface area (Å²) < 4.78 is 2.40. The lowest BCUT2D eigenvalue weighted by molar-refractivity contribution is 0.365. The number of para-hydroxylation sites is 2. The van der Waals surface area contributed by atoms with Gasteiger partial charge in [0.05, 0.1) is 29.3 Å². The third-order valence-corrected chi connectivity index (χ3v) is 12.0. The topological polar surface area (TPSA) is 55.8 Å². The molecule has 0 saturated carbocycles. The number of allylic oxidation sites excluding steroid dienone is 7. The SMILES string of the molecule is C=C/C=C\c1c(C)c2ccccc2n1-c1ccccc1C1CC(C#N)=CC(C2=CC(N3c4cc(C#N)ccc4C4C=CCC(C)C43)CC=C2)C1C. The molecule has 8 rings (SSSR count). The molecule has 4 aliphatic rings. The molecular weight excluding hydrogens is 621 g/mol. The number of hydrogen-bond acceptors (Lipinski definition) is 3. The highest BCUT2D eigenvalue weighted by atomic mass is 15.2. The third-order valence-electron chi connectivity index (χ3n) is 12.0. The molecule has 0 bridgehead atoms. The highest BCUT2D eigenvalue weighted by Crippen LogP contribution is 2.51. The molecule has 4 heteroatoms. The second-order valence-corrected chi connectivity index (χ2v) is 14.8. The molecule has 0 spiro atoms. The van der Waals surface area contributed by atoms with E-state index in [2.05, 4.69) is 152 Å². The molecule has 2 heterocycles. The van der Waals surface area contributed by atoms with Gasteiger partial charge < -0.3 is 9.47 Å². The summed E-state index contributed by atoms with van der Waals surface area (Å²) in [5.41, 5.74) is 11.4. The van der Waals surface area contributed by atoms with Gasteiger partial charge in [0, 0.05) is 45.9 Å². The van der Waals surface area contributed by atoms with Gasteiger partial charge in [-0.15, -0.1) is 0 Å². The minimum atomic E-state index is 0.0979. The zero-order chi connectivity index (χ0) is 35.2. The van der Waals surface area contributed by atoms with Crippen LogP contribution in [-0.4, -0.2) is 16.7 Å². The lowest BCUT2D eigenvalue weighted by atomic mass is 9.68. The van der Waals surface area contributed by atoms with Crippen molar-refractivity contribution in [3.05, 3.63) is 161 Å². The van der Waals surface area contributed by atoms with Crippen LogP contribution in [0.25, 0.3) is 22.7 Å². The highest BCUT2D eigenvalue weighted by Gasteiger charge is 2.44. The van der Waals surface area contributed by atoms with Crippen LogP contribution in [0.1, 0.15) is 72.9 Å². The maximum atomic E-state index is 10.5. The molecule has 0 N–H and O–H groups in total. The summed E-state index contributed by atoms with van der Waals surface area (Å²) in [6, 6.07) is 29.2. The molecule has 1 aliphatic heterocycles. The number of rotatable bonds is 6.